The van der Waals surface area contributed by atoms with Crippen LogP contribution in [0.15, 0.2) is 41.6 Å². The number of sulfonamides is 1. The zero-order valence-corrected chi connectivity index (χ0v) is 11.4. The van der Waals surface area contributed by atoms with E-state index in [1.807, 2.05) is 18.2 Å². The molecule has 102 valence electrons. The van der Waals surface area contributed by atoms with Crippen LogP contribution >= 0.6 is 0 Å². The molecule has 1 heterocycles. The Morgan fingerprint density at radius 2 is 2.05 bits per heavy atom. The van der Waals surface area contributed by atoms with Crippen molar-refractivity contribution in [1.82, 2.24) is 14.5 Å². The number of nitrogens with two attached hydrogens (primary N) is 1. The summed E-state index contributed by atoms with van der Waals surface area (Å²) < 4.78 is 26.1. The van der Waals surface area contributed by atoms with Gasteiger partial charge in [0.15, 0.2) is 5.03 Å². The quantitative estimate of drug-likeness (QED) is 0.805. The molecule has 0 amide bonds. The fourth-order valence-corrected chi connectivity index (χ4v) is 3.09. The third-order valence-corrected chi connectivity index (χ3v) is 4.70. The van der Waals surface area contributed by atoms with Crippen molar-refractivity contribution in [3.63, 3.8) is 0 Å². The lowest BCUT2D eigenvalue weighted by molar-refractivity contribution is 0.421. The number of H-pyrrole nitrogens is 1. The number of anilines is 1. The van der Waals surface area contributed by atoms with E-state index >= 15 is 0 Å². The number of rotatable bonds is 5. The summed E-state index contributed by atoms with van der Waals surface area (Å²) in [6.45, 7) is 2.38. The van der Waals surface area contributed by atoms with Gasteiger partial charge in [-0.1, -0.05) is 25.1 Å². The van der Waals surface area contributed by atoms with Crippen LogP contribution in [0.5, 0.6) is 0 Å². The van der Waals surface area contributed by atoms with E-state index in [0.717, 1.165) is 5.56 Å². The molecular weight excluding hydrogens is 264 g/mol. The van der Waals surface area contributed by atoms with Gasteiger partial charge in [-0.15, -0.1) is 0 Å². The molecule has 0 spiro atoms. The maximum absolute atomic E-state index is 12.4. The average molecular weight is 280 g/mol. The zero-order chi connectivity index (χ0) is 13.9. The summed E-state index contributed by atoms with van der Waals surface area (Å²) in [5.41, 5.74) is 7.21. The van der Waals surface area contributed by atoms with Gasteiger partial charge in [0.1, 0.15) is 0 Å². The zero-order valence-electron chi connectivity index (χ0n) is 10.6. The van der Waals surface area contributed by atoms with Crippen LogP contribution in [0.3, 0.4) is 0 Å². The van der Waals surface area contributed by atoms with Gasteiger partial charge in [-0.25, -0.2) is 8.42 Å². The Bertz CT molecular complexity index is 638. The Hall–Kier alpha value is -1.86. The number of para-hydroxylation sites is 1. The van der Waals surface area contributed by atoms with Crippen molar-refractivity contribution in [1.29, 1.82) is 0 Å². The molecule has 6 nitrogen and oxygen atoms in total. The lowest BCUT2D eigenvalue weighted by Gasteiger charge is -2.20. The van der Waals surface area contributed by atoms with Gasteiger partial charge in [0.2, 0.25) is 0 Å². The molecule has 0 aliphatic rings. The highest BCUT2D eigenvalue weighted by Crippen LogP contribution is 2.19. The van der Waals surface area contributed by atoms with Gasteiger partial charge in [-0.2, -0.15) is 9.40 Å². The Kier molecular flexibility index (Phi) is 3.87. The van der Waals surface area contributed by atoms with Gasteiger partial charge in [0.25, 0.3) is 10.0 Å². The summed E-state index contributed by atoms with van der Waals surface area (Å²) >= 11 is 0. The third kappa shape index (κ3) is 2.77. The molecule has 0 saturated carbocycles. The number of aromatic amines is 1. The average Bonchev–Trinajstić information content (AvgIpc) is 2.92. The molecule has 0 atom stereocenters. The minimum Gasteiger partial charge on any atom is -0.398 e. The first-order valence-electron chi connectivity index (χ1n) is 5.88. The molecule has 0 saturated heterocycles. The van der Waals surface area contributed by atoms with Gasteiger partial charge >= 0.3 is 0 Å². The van der Waals surface area contributed by atoms with E-state index in [0.29, 0.717) is 12.2 Å². The van der Waals surface area contributed by atoms with Crippen molar-refractivity contribution in [2.45, 2.75) is 18.5 Å². The lowest BCUT2D eigenvalue weighted by Crippen LogP contribution is -2.31. The van der Waals surface area contributed by atoms with E-state index < -0.39 is 10.0 Å². The second-order valence-corrected chi connectivity index (χ2v) is 5.96. The summed E-state index contributed by atoms with van der Waals surface area (Å²) in [7, 11) is -3.56. The summed E-state index contributed by atoms with van der Waals surface area (Å²) in [6.07, 6.45) is 1.41. The van der Waals surface area contributed by atoms with E-state index in [2.05, 4.69) is 10.2 Å². The first-order chi connectivity index (χ1) is 9.05. The van der Waals surface area contributed by atoms with Gasteiger partial charge in [-0.3, -0.25) is 5.10 Å². The van der Waals surface area contributed by atoms with Crippen molar-refractivity contribution in [3.8, 4) is 0 Å². The third-order valence-electron chi connectivity index (χ3n) is 2.85. The SMILES string of the molecule is CCN(Cc1ccccc1N)S(=O)(=O)c1ccn[nH]1. The fraction of sp³-hybridized carbons (Fsp3) is 0.250. The van der Waals surface area contributed by atoms with Crippen molar-refractivity contribution in [3.05, 3.63) is 42.1 Å². The van der Waals surface area contributed by atoms with Gasteiger partial charge < -0.3 is 5.73 Å². The molecule has 1 aromatic carbocycles. The molecule has 0 unspecified atom stereocenters. The molecule has 2 rings (SSSR count). The topological polar surface area (TPSA) is 92.1 Å². The first kappa shape index (κ1) is 13.6. The van der Waals surface area contributed by atoms with Crippen LogP contribution in [-0.2, 0) is 16.6 Å². The standard InChI is InChI=1S/C12H16N4O2S/c1-2-16(9-10-5-3-4-6-11(10)13)19(17,18)12-7-8-14-15-12/h3-8H,2,9,13H2,1H3,(H,14,15). The number of nitrogens with one attached hydrogen (secondary N) is 1. The Labute approximate surface area is 112 Å². The number of nitrogen functional groups attached to an aromatic ring is 1. The number of nitrogens with zero attached hydrogens (tertiary/aromatic N) is 2. The molecular formula is C12H16N4O2S. The molecule has 2 aromatic rings. The maximum Gasteiger partial charge on any atom is 0.260 e. The summed E-state index contributed by atoms with van der Waals surface area (Å²) in [5, 5.41) is 6.24. The van der Waals surface area contributed by atoms with Crippen molar-refractivity contribution < 1.29 is 8.42 Å². The maximum atomic E-state index is 12.4. The highest BCUT2D eigenvalue weighted by molar-refractivity contribution is 7.89. The summed E-state index contributed by atoms with van der Waals surface area (Å²) in [6, 6.07) is 8.67. The van der Waals surface area contributed by atoms with E-state index in [-0.39, 0.29) is 11.6 Å². The van der Waals surface area contributed by atoms with Crippen LogP contribution in [0.2, 0.25) is 0 Å². The van der Waals surface area contributed by atoms with E-state index in [9.17, 15) is 8.42 Å². The molecule has 7 heteroatoms. The van der Waals surface area contributed by atoms with E-state index in [4.69, 9.17) is 5.73 Å². The first-order valence-corrected chi connectivity index (χ1v) is 7.32. The van der Waals surface area contributed by atoms with Crippen molar-refractivity contribution in [2.75, 3.05) is 12.3 Å². The molecule has 1 aromatic heterocycles. The predicted molar refractivity (Wildman–Crippen MR) is 72.7 cm³/mol. The highest BCUT2D eigenvalue weighted by Gasteiger charge is 2.24. The summed E-state index contributed by atoms with van der Waals surface area (Å²) in [4.78, 5) is 0. The van der Waals surface area contributed by atoms with Crippen LogP contribution in [0.1, 0.15) is 12.5 Å². The highest BCUT2D eigenvalue weighted by atomic mass is 32.2. The van der Waals surface area contributed by atoms with Crippen molar-refractivity contribution in [2.24, 2.45) is 0 Å². The molecule has 0 radical (unpaired) electrons. The molecule has 3 N–H and O–H groups in total. The van der Waals surface area contributed by atoms with Crippen LogP contribution in [0, 0.1) is 0 Å². The van der Waals surface area contributed by atoms with Gasteiger partial charge in [0, 0.05) is 18.8 Å². The normalized spacial score (nSPS) is 11.9. The second kappa shape index (κ2) is 5.41. The Morgan fingerprint density at radius 3 is 2.63 bits per heavy atom. The van der Waals surface area contributed by atoms with Crippen LogP contribution < -0.4 is 5.73 Å². The molecule has 0 aliphatic heterocycles. The Balaban J connectivity index is 2.29. The number of aromatic nitrogens is 2. The van der Waals surface area contributed by atoms with Gasteiger partial charge in [-0.05, 0) is 17.7 Å². The second-order valence-electron chi connectivity index (χ2n) is 4.05. The minimum absolute atomic E-state index is 0.0869. The van der Waals surface area contributed by atoms with Crippen molar-refractivity contribution >= 4 is 15.7 Å². The van der Waals surface area contributed by atoms with Crippen LogP contribution in [-0.4, -0.2) is 29.5 Å². The summed E-state index contributed by atoms with van der Waals surface area (Å²) in [5.74, 6) is 0. The van der Waals surface area contributed by atoms with E-state index in [1.54, 1.807) is 13.0 Å². The molecule has 0 aliphatic carbocycles. The molecule has 19 heavy (non-hydrogen) atoms. The predicted octanol–water partition coefficient (Wildman–Crippen LogP) is 1.20. The molecule has 0 bridgehead atoms. The number of hydrogen-bond donors (Lipinski definition) is 2. The lowest BCUT2D eigenvalue weighted by atomic mass is 10.2. The monoisotopic (exact) mass is 280 g/mol. The fourth-order valence-electron chi connectivity index (χ4n) is 1.76. The van der Waals surface area contributed by atoms with Crippen LogP contribution in [0.4, 0.5) is 5.69 Å². The Morgan fingerprint density at radius 1 is 1.32 bits per heavy atom. The van der Waals surface area contributed by atoms with Crippen LogP contribution in [0.25, 0.3) is 0 Å². The van der Waals surface area contributed by atoms with Gasteiger partial charge in [0.05, 0.1) is 6.20 Å². The number of benzene rings is 1. The molecule has 0 fully saturated rings. The minimum atomic E-state index is -3.56. The largest absolute Gasteiger partial charge is 0.398 e. The smallest absolute Gasteiger partial charge is 0.260 e. The van der Waals surface area contributed by atoms with E-state index in [1.165, 1.54) is 16.6 Å². The number of hydrogen-bond acceptors (Lipinski definition) is 4.